The van der Waals surface area contributed by atoms with Crippen LogP contribution in [0.3, 0.4) is 0 Å². The van der Waals surface area contributed by atoms with Crippen LogP contribution in [0.5, 0.6) is 0 Å². The van der Waals surface area contributed by atoms with Gasteiger partial charge in [-0.15, -0.1) is 5.10 Å². The Hall–Kier alpha value is -3.43. The fourth-order valence-electron chi connectivity index (χ4n) is 3.27. The molecule has 0 amide bonds. The van der Waals surface area contributed by atoms with Gasteiger partial charge in [0.05, 0.1) is 13.2 Å². The molecule has 1 aliphatic heterocycles. The van der Waals surface area contributed by atoms with Crippen LogP contribution in [0.2, 0.25) is 0 Å². The maximum absolute atomic E-state index is 12.4. The first kappa shape index (κ1) is 17.0. The average Bonchev–Trinajstić information content (AvgIpc) is 3.28. The number of ether oxygens (including phenoxy) is 1. The van der Waals surface area contributed by atoms with Crippen molar-refractivity contribution in [1.29, 1.82) is 0 Å². The van der Waals surface area contributed by atoms with E-state index in [4.69, 9.17) is 10.5 Å². The molecule has 0 saturated heterocycles. The van der Waals surface area contributed by atoms with Gasteiger partial charge in [0.15, 0.2) is 5.69 Å². The summed E-state index contributed by atoms with van der Waals surface area (Å²) in [5.74, 6) is -0.284. The Kier molecular flexibility index (Phi) is 4.45. The standard InChI is InChI=1S/C17H19N7O3/c1-2-26-17(25)14-13(24(22-19-14)16-15(18)20-27-21-16)10-23-9-5-7-11-6-3-4-8-12(11)23/h3-4,6,8H,2,5,7,9-10H2,1H3,(H2,18,20). The molecule has 0 saturated carbocycles. The van der Waals surface area contributed by atoms with E-state index in [-0.39, 0.29) is 23.9 Å². The number of nitrogens with two attached hydrogens (primary N) is 1. The molecule has 10 nitrogen and oxygen atoms in total. The van der Waals surface area contributed by atoms with E-state index in [1.54, 1.807) is 6.92 Å². The summed E-state index contributed by atoms with van der Waals surface area (Å²) in [7, 11) is 0. The lowest BCUT2D eigenvalue weighted by Crippen LogP contribution is -2.30. The van der Waals surface area contributed by atoms with Crippen molar-refractivity contribution in [2.75, 3.05) is 23.8 Å². The lowest BCUT2D eigenvalue weighted by Gasteiger charge is -2.31. The number of carbonyl (C=O) groups excluding carboxylic acids is 1. The van der Waals surface area contributed by atoms with Crippen molar-refractivity contribution in [3.8, 4) is 5.82 Å². The second-order valence-corrected chi connectivity index (χ2v) is 6.14. The Labute approximate surface area is 154 Å². The molecule has 2 N–H and O–H groups in total. The number of esters is 1. The normalized spacial score (nSPS) is 13.4. The Bertz CT molecular complexity index is 965. The number of nitrogens with zero attached hydrogens (tertiary/aromatic N) is 6. The lowest BCUT2D eigenvalue weighted by molar-refractivity contribution is 0.0518. The Morgan fingerprint density at radius 2 is 2.19 bits per heavy atom. The van der Waals surface area contributed by atoms with E-state index >= 15 is 0 Å². The summed E-state index contributed by atoms with van der Waals surface area (Å²) in [5, 5.41) is 15.4. The number of anilines is 2. The van der Waals surface area contributed by atoms with Gasteiger partial charge in [-0.2, -0.15) is 4.68 Å². The minimum atomic E-state index is -0.543. The average molecular weight is 369 g/mol. The molecule has 1 aliphatic rings. The summed E-state index contributed by atoms with van der Waals surface area (Å²) in [6.07, 6.45) is 2.04. The molecule has 3 heterocycles. The highest BCUT2D eigenvalue weighted by atomic mass is 16.6. The SMILES string of the molecule is CCOC(=O)c1nnn(-c2nonc2N)c1CN1CCCc2ccccc21. The van der Waals surface area contributed by atoms with Crippen LogP contribution in [0.25, 0.3) is 5.82 Å². The highest BCUT2D eigenvalue weighted by Gasteiger charge is 2.27. The van der Waals surface area contributed by atoms with Gasteiger partial charge in [-0.25, -0.2) is 9.42 Å². The Balaban J connectivity index is 1.76. The van der Waals surface area contributed by atoms with Crippen molar-refractivity contribution in [2.24, 2.45) is 0 Å². The van der Waals surface area contributed by atoms with Gasteiger partial charge in [0.1, 0.15) is 5.69 Å². The molecule has 10 heteroatoms. The maximum Gasteiger partial charge on any atom is 0.360 e. The number of hydrogen-bond donors (Lipinski definition) is 1. The summed E-state index contributed by atoms with van der Waals surface area (Å²) in [6.45, 7) is 3.22. The zero-order valence-corrected chi connectivity index (χ0v) is 14.8. The van der Waals surface area contributed by atoms with Gasteiger partial charge < -0.3 is 15.4 Å². The molecule has 0 aliphatic carbocycles. The molecule has 27 heavy (non-hydrogen) atoms. The Morgan fingerprint density at radius 3 is 2.96 bits per heavy atom. The van der Waals surface area contributed by atoms with Crippen LogP contribution >= 0.6 is 0 Å². The van der Waals surface area contributed by atoms with Gasteiger partial charge in [0.2, 0.25) is 11.6 Å². The van der Waals surface area contributed by atoms with E-state index in [1.807, 2.05) is 12.1 Å². The third-order valence-electron chi connectivity index (χ3n) is 4.48. The number of hydrogen-bond acceptors (Lipinski definition) is 9. The van der Waals surface area contributed by atoms with Crippen molar-refractivity contribution in [1.82, 2.24) is 25.3 Å². The third kappa shape index (κ3) is 3.09. The van der Waals surface area contributed by atoms with E-state index in [2.05, 4.69) is 42.3 Å². The largest absolute Gasteiger partial charge is 0.461 e. The predicted molar refractivity (Wildman–Crippen MR) is 95.4 cm³/mol. The van der Waals surface area contributed by atoms with E-state index < -0.39 is 5.97 Å². The summed E-state index contributed by atoms with van der Waals surface area (Å²) in [5.41, 5.74) is 8.85. The first-order valence-electron chi connectivity index (χ1n) is 8.72. The predicted octanol–water partition coefficient (Wildman–Crippen LogP) is 1.36. The molecular weight excluding hydrogens is 350 g/mol. The zero-order chi connectivity index (χ0) is 18.8. The molecule has 0 bridgehead atoms. The molecule has 2 aromatic heterocycles. The number of fused-ring (bicyclic) bond motifs is 1. The Morgan fingerprint density at radius 1 is 1.33 bits per heavy atom. The minimum absolute atomic E-state index is 0.0654. The van der Waals surface area contributed by atoms with Crippen molar-refractivity contribution in [3.63, 3.8) is 0 Å². The number of carbonyl (C=O) groups is 1. The number of rotatable bonds is 5. The topological polar surface area (TPSA) is 125 Å². The van der Waals surface area contributed by atoms with Crippen LogP contribution in [0.1, 0.15) is 35.1 Å². The number of nitrogen functional groups attached to an aromatic ring is 1. The van der Waals surface area contributed by atoms with Crippen LogP contribution in [-0.2, 0) is 17.7 Å². The molecule has 0 atom stereocenters. The number of aryl methyl sites for hydroxylation is 1. The highest BCUT2D eigenvalue weighted by Crippen LogP contribution is 2.29. The van der Waals surface area contributed by atoms with Gasteiger partial charge in [-0.1, -0.05) is 23.4 Å². The monoisotopic (exact) mass is 369 g/mol. The molecular formula is C17H19N7O3. The number of aromatic nitrogens is 5. The lowest BCUT2D eigenvalue weighted by atomic mass is 10.0. The summed E-state index contributed by atoms with van der Waals surface area (Å²) in [6, 6.07) is 8.21. The highest BCUT2D eigenvalue weighted by molar-refractivity contribution is 5.88. The fraction of sp³-hybridized carbons (Fsp3) is 0.353. The van der Waals surface area contributed by atoms with Gasteiger partial charge in [0, 0.05) is 12.2 Å². The number of para-hydroxylation sites is 1. The third-order valence-corrected chi connectivity index (χ3v) is 4.48. The van der Waals surface area contributed by atoms with Gasteiger partial charge in [-0.05, 0) is 41.7 Å². The quantitative estimate of drug-likeness (QED) is 0.663. The van der Waals surface area contributed by atoms with Crippen LogP contribution in [0, 0.1) is 0 Å². The zero-order valence-electron chi connectivity index (χ0n) is 14.8. The molecule has 0 radical (unpaired) electrons. The maximum atomic E-state index is 12.4. The van der Waals surface area contributed by atoms with Crippen molar-refractivity contribution in [2.45, 2.75) is 26.3 Å². The van der Waals surface area contributed by atoms with Crippen molar-refractivity contribution < 1.29 is 14.2 Å². The molecule has 1 aromatic carbocycles. The molecule has 0 unspecified atom stereocenters. The second kappa shape index (κ2) is 7.06. The molecule has 3 aromatic rings. The smallest absolute Gasteiger partial charge is 0.360 e. The first-order valence-corrected chi connectivity index (χ1v) is 8.72. The summed E-state index contributed by atoms with van der Waals surface area (Å²) >= 11 is 0. The fourth-order valence-corrected chi connectivity index (χ4v) is 3.27. The summed E-state index contributed by atoms with van der Waals surface area (Å²) < 4.78 is 11.2. The van der Waals surface area contributed by atoms with Gasteiger partial charge in [0.25, 0.3) is 0 Å². The van der Waals surface area contributed by atoms with E-state index in [0.29, 0.717) is 12.2 Å². The van der Waals surface area contributed by atoms with Crippen LogP contribution in [0.4, 0.5) is 11.5 Å². The molecule has 0 fully saturated rings. The molecule has 4 rings (SSSR count). The van der Waals surface area contributed by atoms with E-state index in [0.717, 1.165) is 25.1 Å². The molecule has 0 spiro atoms. The molecule has 140 valence electrons. The van der Waals surface area contributed by atoms with Crippen molar-refractivity contribution >= 4 is 17.5 Å². The van der Waals surface area contributed by atoms with Gasteiger partial charge in [-0.3, -0.25) is 0 Å². The van der Waals surface area contributed by atoms with Crippen LogP contribution in [0.15, 0.2) is 28.9 Å². The minimum Gasteiger partial charge on any atom is -0.461 e. The van der Waals surface area contributed by atoms with Gasteiger partial charge >= 0.3 is 5.97 Å². The van der Waals surface area contributed by atoms with Crippen LogP contribution in [-0.4, -0.2) is 44.4 Å². The van der Waals surface area contributed by atoms with Crippen LogP contribution < -0.4 is 10.6 Å². The first-order chi connectivity index (χ1) is 13.2. The number of benzene rings is 1. The van der Waals surface area contributed by atoms with E-state index in [9.17, 15) is 4.79 Å². The van der Waals surface area contributed by atoms with Crippen molar-refractivity contribution in [3.05, 3.63) is 41.2 Å². The second-order valence-electron chi connectivity index (χ2n) is 6.14. The van der Waals surface area contributed by atoms with E-state index in [1.165, 1.54) is 10.2 Å². The summed E-state index contributed by atoms with van der Waals surface area (Å²) in [4.78, 5) is 14.6.